The Bertz CT molecular complexity index is 678. The van der Waals surface area contributed by atoms with Crippen LogP contribution in [0.5, 0.6) is 0 Å². The van der Waals surface area contributed by atoms with Gasteiger partial charge >= 0.3 is 6.09 Å². The molecule has 1 rings (SSSR count). The maximum absolute atomic E-state index is 12.7. The smallest absolute Gasteiger partial charge is 0.407 e. The summed E-state index contributed by atoms with van der Waals surface area (Å²) in [6.45, 7) is 12.6. The SMILES string of the molecule is CCCCOC(=O)NC(C(=O)NOCc1ccccc1)C(O)CO[Si](C)(C)C(C)(C)C. The van der Waals surface area contributed by atoms with Gasteiger partial charge in [0.15, 0.2) is 8.32 Å². The molecule has 2 amide bonds. The van der Waals surface area contributed by atoms with Crippen LogP contribution in [0.2, 0.25) is 18.1 Å². The number of benzene rings is 1. The molecule has 31 heavy (non-hydrogen) atoms. The van der Waals surface area contributed by atoms with Gasteiger partial charge in [0.1, 0.15) is 12.1 Å². The second kappa shape index (κ2) is 12.8. The Morgan fingerprint density at radius 2 is 1.81 bits per heavy atom. The summed E-state index contributed by atoms with van der Waals surface area (Å²) < 4.78 is 11.1. The highest BCUT2D eigenvalue weighted by Gasteiger charge is 2.39. The Morgan fingerprint density at radius 1 is 1.16 bits per heavy atom. The van der Waals surface area contributed by atoms with Gasteiger partial charge in [0.2, 0.25) is 0 Å². The average molecular weight is 455 g/mol. The van der Waals surface area contributed by atoms with Crippen LogP contribution in [0, 0.1) is 0 Å². The Hall–Kier alpha value is -1.94. The number of unbranched alkanes of at least 4 members (excludes halogenated alkanes) is 1. The number of hydrogen-bond donors (Lipinski definition) is 3. The van der Waals surface area contributed by atoms with Crippen molar-refractivity contribution in [2.75, 3.05) is 13.2 Å². The molecule has 0 radical (unpaired) electrons. The predicted octanol–water partition coefficient (Wildman–Crippen LogP) is 3.51. The largest absolute Gasteiger partial charge is 0.450 e. The average Bonchev–Trinajstić information content (AvgIpc) is 2.70. The molecule has 0 fully saturated rings. The summed E-state index contributed by atoms with van der Waals surface area (Å²) >= 11 is 0. The highest BCUT2D eigenvalue weighted by Crippen LogP contribution is 2.36. The highest BCUT2D eigenvalue weighted by atomic mass is 28.4. The van der Waals surface area contributed by atoms with Gasteiger partial charge in [0, 0.05) is 0 Å². The van der Waals surface area contributed by atoms with Gasteiger partial charge < -0.3 is 19.6 Å². The number of hydrogen-bond acceptors (Lipinski definition) is 6. The number of aliphatic hydroxyl groups is 1. The molecule has 1 aromatic carbocycles. The first-order valence-corrected chi connectivity index (χ1v) is 13.6. The maximum Gasteiger partial charge on any atom is 0.407 e. The van der Waals surface area contributed by atoms with Crippen molar-refractivity contribution in [2.45, 2.75) is 77.4 Å². The number of nitrogens with one attached hydrogen (secondary N) is 2. The van der Waals surface area contributed by atoms with Gasteiger partial charge in [-0.1, -0.05) is 64.4 Å². The van der Waals surface area contributed by atoms with Crippen molar-refractivity contribution in [1.82, 2.24) is 10.8 Å². The van der Waals surface area contributed by atoms with E-state index in [1.54, 1.807) is 0 Å². The lowest BCUT2D eigenvalue weighted by atomic mass is 10.1. The Labute approximate surface area is 186 Å². The van der Waals surface area contributed by atoms with E-state index in [1.807, 2.05) is 50.3 Å². The second-order valence-corrected chi connectivity index (χ2v) is 13.8. The van der Waals surface area contributed by atoms with Crippen molar-refractivity contribution in [2.24, 2.45) is 0 Å². The van der Waals surface area contributed by atoms with Crippen LogP contribution in [0.4, 0.5) is 4.79 Å². The lowest BCUT2D eigenvalue weighted by Gasteiger charge is -2.37. The normalized spacial score (nSPS) is 13.9. The summed E-state index contributed by atoms with van der Waals surface area (Å²) in [5, 5.41) is 13.0. The number of rotatable bonds is 12. The molecule has 1 aromatic rings. The van der Waals surface area contributed by atoms with Crippen molar-refractivity contribution < 1.29 is 28.7 Å². The van der Waals surface area contributed by atoms with E-state index >= 15 is 0 Å². The van der Waals surface area contributed by atoms with Gasteiger partial charge in [-0.3, -0.25) is 9.63 Å². The molecule has 176 valence electrons. The Balaban J connectivity index is 2.74. The molecule has 8 nitrogen and oxygen atoms in total. The number of ether oxygens (including phenoxy) is 1. The third-order valence-corrected chi connectivity index (χ3v) is 9.85. The molecule has 2 atom stereocenters. The van der Waals surface area contributed by atoms with Crippen LogP contribution in [0.15, 0.2) is 30.3 Å². The van der Waals surface area contributed by atoms with Gasteiger partial charge in [-0.25, -0.2) is 10.3 Å². The van der Waals surface area contributed by atoms with Gasteiger partial charge in [0.05, 0.1) is 19.8 Å². The fourth-order valence-electron chi connectivity index (χ4n) is 2.25. The molecule has 0 spiro atoms. The van der Waals surface area contributed by atoms with Crippen LogP contribution in [-0.4, -0.2) is 50.8 Å². The molecule has 0 saturated heterocycles. The molecular weight excluding hydrogens is 416 g/mol. The standard InChI is InChI=1S/C22H38N2O6Si/c1-7-8-14-28-21(27)23-19(18(25)16-30-31(5,6)22(2,3)4)20(26)24-29-15-17-12-10-9-11-13-17/h9-13,18-19,25H,7-8,14-16H2,1-6H3,(H,23,27)(H,24,26). The molecule has 2 unspecified atom stereocenters. The number of carbonyl (C=O) groups is 2. The number of carbonyl (C=O) groups excluding carboxylic acids is 2. The van der Waals surface area contributed by atoms with E-state index in [4.69, 9.17) is 14.0 Å². The summed E-state index contributed by atoms with van der Waals surface area (Å²) in [6.07, 6.45) is -0.467. The van der Waals surface area contributed by atoms with Gasteiger partial charge in [-0.15, -0.1) is 0 Å². The third-order valence-electron chi connectivity index (χ3n) is 5.35. The number of alkyl carbamates (subject to hydrolysis) is 1. The van der Waals surface area contributed by atoms with Crippen LogP contribution in [0.1, 0.15) is 46.1 Å². The van der Waals surface area contributed by atoms with Crippen LogP contribution < -0.4 is 10.8 Å². The van der Waals surface area contributed by atoms with Crippen LogP contribution in [0.3, 0.4) is 0 Å². The zero-order valence-corrected chi connectivity index (χ0v) is 20.6. The Morgan fingerprint density at radius 3 is 2.39 bits per heavy atom. The molecule has 0 aromatic heterocycles. The molecule has 0 saturated carbocycles. The lowest BCUT2D eigenvalue weighted by molar-refractivity contribution is -0.140. The van der Waals surface area contributed by atoms with Crippen molar-refractivity contribution in [1.29, 1.82) is 0 Å². The number of aliphatic hydroxyl groups excluding tert-OH is 1. The van der Waals surface area contributed by atoms with E-state index in [-0.39, 0.29) is 24.9 Å². The van der Waals surface area contributed by atoms with Gasteiger partial charge in [0.25, 0.3) is 5.91 Å². The molecule has 3 N–H and O–H groups in total. The first-order valence-electron chi connectivity index (χ1n) is 10.7. The van der Waals surface area contributed by atoms with E-state index in [0.717, 1.165) is 12.0 Å². The highest BCUT2D eigenvalue weighted by molar-refractivity contribution is 6.74. The number of amides is 2. The lowest BCUT2D eigenvalue weighted by Crippen LogP contribution is -2.56. The van der Waals surface area contributed by atoms with Crippen LogP contribution in [0.25, 0.3) is 0 Å². The van der Waals surface area contributed by atoms with E-state index in [1.165, 1.54) is 0 Å². The fraction of sp³-hybridized carbons (Fsp3) is 0.636. The summed E-state index contributed by atoms with van der Waals surface area (Å²) in [7, 11) is -2.15. The molecule has 9 heteroatoms. The van der Waals surface area contributed by atoms with E-state index < -0.39 is 32.5 Å². The molecule has 0 aliphatic heterocycles. The minimum Gasteiger partial charge on any atom is -0.450 e. The second-order valence-electron chi connectivity index (χ2n) is 8.99. The molecule has 0 aliphatic rings. The summed E-state index contributed by atoms with van der Waals surface area (Å²) in [5.41, 5.74) is 3.17. The third kappa shape index (κ3) is 9.81. The monoisotopic (exact) mass is 454 g/mol. The summed E-state index contributed by atoms with van der Waals surface area (Å²) in [6, 6.07) is 8.03. The van der Waals surface area contributed by atoms with Crippen molar-refractivity contribution in [3.05, 3.63) is 35.9 Å². The van der Waals surface area contributed by atoms with Crippen molar-refractivity contribution in [3.63, 3.8) is 0 Å². The molecule has 0 aliphatic carbocycles. The first kappa shape index (κ1) is 27.1. The molecule has 0 bridgehead atoms. The van der Waals surface area contributed by atoms with Gasteiger partial charge in [-0.05, 0) is 30.1 Å². The minimum atomic E-state index is -2.15. The van der Waals surface area contributed by atoms with E-state index in [2.05, 4.69) is 31.6 Å². The Kier molecular flexibility index (Phi) is 11.2. The zero-order valence-electron chi connectivity index (χ0n) is 19.6. The fourth-order valence-corrected chi connectivity index (χ4v) is 3.27. The molecule has 0 heterocycles. The zero-order chi connectivity index (χ0) is 23.5. The summed E-state index contributed by atoms with van der Waals surface area (Å²) in [4.78, 5) is 30.0. The van der Waals surface area contributed by atoms with Crippen LogP contribution in [-0.2, 0) is 25.4 Å². The predicted molar refractivity (Wildman–Crippen MR) is 122 cm³/mol. The summed E-state index contributed by atoms with van der Waals surface area (Å²) in [5.74, 6) is -0.685. The quantitative estimate of drug-likeness (QED) is 0.253. The van der Waals surface area contributed by atoms with Crippen molar-refractivity contribution >= 4 is 20.3 Å². The first-order chi connectivity index (χ1) is 14.5. The van der Waals surface area contributed by atoms with E-state index in [0.29, 0.717) is 6.42 Å². The minimum absolute atomic E-state index is 0.0597. The maximum atomic E-state index is 12.7. The topological polar surface area (TPSA) is 106 Å². The number of hydroxylamine groups is 1. The van der Waals surface area contributed by atoms with E-state index in [9.17, 15) is 14.7 Å². The van der Waals surface area contributed by atoms with Gasteiger partial charge in [-0.2, -0.15) is 0 Å². The van der Waals surface area contributed by atoms with Crippen LogP contribution >= 0.6 is 0 Å². The molecular formula is C22H38N2O6Si. The van der Waals surface area contributed by atoms with Crippen molar-refractivity contribution in [3.8, 4) is 0 Å².